The lowest BCUT2D eigenvalue weighted by Crippen LogP contribution is -2.30. The first kappa shape index (κ1) is 38.8. The van der Waals surface area contributed by atoms with Gasteiger partial charge in [-0.05, 0) is 139 Å². The third-order valence-electron chi connectivity index (χ3n) is 16.2. The van der Waals surface area contributed by atoms with Gasteiger partial charge in [0.25, 0.3) is 0 Å². The first-order valence-electron chi connectivity index (χ1n) is 28.5. The highest BCUT2D eigenvalue weighted by Crippen LogP contribution is 2.65. The Kier molecular flexibility index (Phi) is 8.91. The van der Waals surface area contributed by atoms with Crippen molar-refractivity contribution in [3.05, 3.63) is 348 Å². The van der Waals surface area contributed by atoms with E-state index < -0.39 is 16.9 Å². The van der Waals surface area contributed by atoms with Crippen LogP contribution in [0.2, 0.25) is 0 Å². The van der Waals surface area contributed by atoms with Gasteiger partial charge in [-0.3, -0.25) is 0 Å². The number of nitrogens with zero attached hydrogens (tertiary/aromatic N) is 2. The van der Waals surface area contributed by atoms with Crippen molar-refractivity contribution in [2.75, 3.05) is 9.80 Å². The molecule has 3 aliphatic carbocycles. The standard InChI is InChI=1S/C74H50N2/c1-6-25-51(26-7-1)58-35-19-23-43-70(58)76(71-44-24-39-64-61-38-18-20-40-65(61)73(72(64)71,52-27-8-2-9-28-52)53-29-10-3-11-30-53)57-46-48-63-60-37-17-22-42-67(60)74(69(63)50-57)66-41-21-16-36-59(66)62-47-45-56(49-68(62)74)75(54-31-12-4-13-32-54)55-33-14-5-15-34-55/h1-50H/i1D,6D,7D,25D,26D. The Morgan fingerprint density at radius 2 is 0.658 bits per heavy atom. The van der Waals surface area contributed by atoms with Crippen molar-refractivity contribution in [2.45, 2.75) is 10.8 Å². The van der Waals surface area contributed by atoms with Crippen LogP contribution in [0.25, 0.3) is 44.5 Å². The summed E-state index contributed by atoms with van der Waals surface area (Å²) >= 11 is 0. The van der Waals surface area contributed by atoms with Crippen molar-refractivity contribution in [1.82, 2.24) is 0 Å². The average Bonchev–Trinajstić information content (AvgIpc) is 1.89. The molecule has 0 amide bonds. The molecular weight excluding hydrogens is 917 g/mol. The molecule has 15 rings (SSSR count). The lowest BCUT2D eigenvalue weighted by atomic mass is 9.67. The van der Waals surface area contributed by atoms with Crippen molar-refractivity contribution in [3.8, 4) is 44.5 Å². The van der Waals surface area contributed by atoms with Gasteiger partial charge in [0.15, 0.2) is 0 Å². The molecule has 12 aromatic rings. The van der Waals surface area contributed by atoms with Crippen LogP contribution < -0.4 is 9.80 Å². The minimum atomic E-state index is -0.827. The summed E-state index contributed by atoms with van der Waals surface area (Å²) in [6.07, 6.45) is 0. The van der Waals surface area contributed by atoms with E-state index in [-0.39, 0.29) is 29.7 Å². The zero-order chi connectivity index (χ0) is 54.6. The molecule has 1 unspecified atom stereocenters. The zero-order valence-corrected chi connectivity index (χ0v) is 41.4. The van der Waals surface area contributed by atoms with Crippen molar-refractivity contribution in [2.24, 2.45) is 0 Å². The summed E-state index contributed by atoms with van der Waals surface area (Å²) in [6.45, 7) is 0. The summed E-state index contributed by atoms with van der Waals surface area (Å²) in [6, 6.07) is 95.7. The fourth-order valence-corrected chi connectivity index (χ4v) is 13.3. The molecule has 1 atom stereocenters. The van der Waals surface area contributed by atoms with E-state index in [2.05, 4.69) is 259 Å². The predicted molar refractivity (Wildman–Crippen MR) is 315 cm³/mol. The van der Waals surface area contributed by atoms with Gasteiger partial charge in [0, 0.05) is 33.9 Å². The summed E-state index contributed by atoms with van der Waals surface area (Å²) in [5.41, 5.74) is 20.5. The van der Waals surface area contributed by atoms with Gasteiger partial charge in [-0.1, -0.05) is 243 Å². The lowest BCUT2D eigenvalue weighted by Gasteiger charge is -2.38. The third-order valence-corrected chi connectivity index (χ3v) is 16.2. The summed E-state index contributed by atoms with van der Waals surface area (Å²) in [7, 11) is 0. The van der Waals surface area contributed by atoms with E-state index in [1.54, 1.807) is 0 Å². The number of benzene rings is 12. The van der Waals surface area contributed by atoms with Crippen LogP contribution in [-0.4, -0.2) is 0 Å². The molecule has 0 heterocycles. The molecule has 2 heteroatoms. The fourth-order valence-electron chi connectivity index (χ4n) is 13.3. The van der Waals surface area contributed by atoms with Crippen molar-refractivity contribution >= 4 is 34.1 Å². The van der Waals surface area contributed by atoms with Crippen molar-refractivity contribution in [1.29, 1.82) is 0 Å². The second kappa shape index (κ2) is 17.4. The first-order valence-corrected chi connectivity index (χ1v) is 26.0. The third kappa shape index (κ3) is 6.28. The topological polar surface area (TPSA) is 6.48 Å². The average molecular weight is 972 g/mol. The van der Waals surface area contributed by atoms with E-state index in [0.717, 1.165) is 78.5 Å². The Morgan fingerprint density at radius 1 is 0.263 bits per heavy atom. The monoisotopic (exact) mass is 971 g/mol. The minimum Gasteiger partial charge on any atom is -0.310 e. The van der Waals surface area contributed by atoms with E-state index in [1.807, 2.05) is 24.3 Å². The Morgan fingerprint density at radius 3 is 1.20 bits per heavy atom. The predicted octanol–water partition coefficient (Wildman–Crippen LogP) is 19.0. The number of fused-ring (bicyclic) bond motifs is 13. The van der Waals surface area contributed by atoms with E-state index in [9.17, 15) is 2.74 Å². The van der Waals surface area contributed by atoms with Crippen LogP contribution in [0.3, 0.4) is 0 Å². The first-order chi connectivity index (χ1) is 39.8. The molecular formula is C74H50N2. The van der Waals surface area contributed by atoms with Gasteiger partial charge < -0.3 is 9.80 Å². The van der Waals surface area contributed by atoms with Gasteiger partial charge in [-0.15, -0.1) is 0 Å². The van der Waals surface area contributed by atoms with Gasteiger partial charge in [0.1, 0.15) is 0 Å². The molecule has 0 radical (unpaired) electrons. The Labute approximate surface area is 451 Å². The molecule has 3 aliphatic rings. The van der Waals surface area contributed by atoms with Crippen LogP contribution in [0.5, 0.6) is 0 Å². The maximum atomic E-state index is 9.50. The molecule has 12 aromatic carbocycles. The smallest absolute Gasteiger partial charge is 0.0734 e. The molecule has 356 valence electrons. The van der Waals surface area contributed by atoms with Gasteiger partial charge in [0.2, 0.25) is 0 Å². The quantitative estimate of drug-likeness (QED) is 0.142. The van der Waals surface area contributed by atoms with Crippen LogP contribution in [0.15, 0.2) is 303 Å². The molecule has 0 aliphatic heterocycles. The lowest BCUT2D eigenvalue weighted by molar-refractivity contribution is 0.767. The highest BCUT2D eigenvalue weighted by atomic mass is 15.2. The second-order valence-corrected chi connectivity index (χ2v) is 19.9. The second-order valence-electron chi connectivity index (χ2n) is 19.9. The zero-order valence-electron chi connectivity index (χ0n) is 46.4. The van der Waals surface area contributed by atoms with Crippen LogP contribution in [0.4, 0.5) is 34.1 Å². The van der Waals surface area contributed by atoms with Crippen LogP contribution in [0.1, 0.15) is 51.4 Å². The van der Waals surface area contributed by atoms with Gasteiger partial charge in [-0.25, -0.2) is 0 Å². The highest BCUT2D eigenvalue weighted by Gasteiger charge is 2.53. The summed E-state index contributed by atoms with van der Waals surface area (Å²) < 4.78 is 45.7. The molecule has 0 fully saturated rings. The molecule has 76 heavy (non-hydrogen) atoms. The van der Waals surface area contributed by atoms with Crippen molar-refractivity contribution in [3.63, 3.8) is 0 Å². The molecule has 1 spiro atoms. The minimum absolute atomic E-state index is 0.132. The summed E-state index contributed by atoms with van der Waals surface area (Å²) in [5.74, 6) is 0. The fraction of sp³-hybridized carbons (Fsp3) is 0.0270. The molecule has 2 nitrogen and oxygen atoms in total. The van der Waals surface area contributed by atoms with E-state index in [1.165, 1.54) is 27.8 Å². The number of hydrogen-bond donors (Lipinski definition) is 0. The number of hydrogen-bond acceptors (Lipinski definition) is 2. The van der Waals surface area contributed by atoms with E-state index >= 15 is 0 Å². The number of para-hydroxylation sites is 3. The van der Waals surface area contributed by atoms with Crippen LogP contribution in [0, 0.1) is 0 Å². The Balaban J connectivity index is 1.06. The van der Waals surface area contributed by atoms with Gasteiger partial charge in [-0.2, -0.15) is 0 Å². The number of rotatable bonds is 9. The summed E-state index contributed by atoms with van der Waals surface area (Å²) in [4.78, 5) is 4.65. The molecule has 0 N–H and O–H groups in total. The van der Waals surface area contributed by atoms with Crippen LogP contribution in [-0.2, 0) is 10.8 Å². The Hall–Kier alpha value is -9.76. The van der Waals surface area contributed by atoms with Gasteiger partial charge in [0.05, 0.1) is 29.1 Å². The van der Waals surface area contributed by atoms with Crippen LogP contribution >= 0.6 is 0 Å². The molecule has 0 saturated carbocycles. The molecule has 0 bridgehead atoms. The normalized spacial score (nSPS) is 15.7. The molecule has 0 aromatic heterocycles. The van der Waals surface area contributed by atoms with E-state index in [0.29, 0.717) is 11.3 Å². The van der Waals surface area contributed by atoms with E-state index in [4.69, 9.17) is 4.11 Å². The Bertz CT molecular complexity index is 4370. The SMILES string of the molecule is [2H]c1c([2H])c([2H])c(-c2ccccc2N(c2ccc3c(c2)C2(c4ccccc4-c4ccc(N(c5ccccc5)c5ccccc5)cc42)c2ccccc2-3)c2cccc3c2C(c2ccccc2)(c2ccccc2)c2ccccc2-3)c([2H])c1[2H]. The summed E-state index contributed by atoms with van der Waals surface area (Å²) in [5, 5.41) is 0. The maximum Gasteiger partial charge on any atom is 0.0734 e. The van der Waals surface area contributed by atoms with Gasteiger partial charge >= 0.3 is 0 Å². The largest absolute Gasteiger partial charge is 0.310 e. The maximum absolute atomic E-state index is 9.50. The van der Waals surface area contributed by atoms with Crippen molar-refractivity contribution < 1.29 is 6.85 Å². The number of anilines is 6. The highest BCUT2D eigenvalue weighted by molar-refractivity contribution is 6.00. The molecule has 0 saturated heterocycles.